The van der Waals surface area contributed by atoms with Crippen molar-refractivity contribution in [2.24, 2.45) is 0 Å². The van der Waals surface area contributed by atoms with Crippen LogP contribution in [0, 0.1) is 10.1 Å². The van der Waals surface area contributed by atoms with Gasteiger partial charge in [-0.05, 0) is 47.0 Å². The minimum atomic E-state index is -0.424. The maximum atomic E-state index is 10.8. The Labute approximate surface area is 154 Å². The molecule has 25 heavy (non-hydrogen) atoms. The molecule has 0 saturated carbocycles. The fraction of sp³-hybridized carbons (Fsp3) is 0.647. The van der Waals surface area contributed by atoms with Crippen molar-refractivity contribution in [1.82, 2.24) is 15.1 Å². The lowest BCUT2D eigenvalue weighted by molar-refractivity contribution is -0.404. The maximum Gasteiger partial charge on any atom is 0.274 e. The summed E-state index contributed by atoms with van der Waals surface area (Å²) >= 11 is 1.73. The lowest BCUT2D eigenvalue weighted by Crippen LogP contribution is -2.42. The minimum Gasteiger partial charge on any atom is -0.464 e. The molecule has 142 valence electrons. The molecule has 7 nitrogen and oxygen atoms in total. The standard InChI is InChI=1S/C17H30N4O3S/c1-17(2,3)20(6)16(12-21(22)23)18-9-10-25-13-15-8-7-14(24-15)11-19(4)5/h7-8,12,18H,9-11,13H2,1-6H3/b16-12-. The molecule has 0 atom stereocenters. The molecule has 0 fully saturated rings. The number of nitro groups is 1. The quantitative estimate of drug-likeness (QED) is 0.385. The third kappa shape index (κ3) is 8.31. The zero-order valence-electron chi connectivity index (χ0n) is 16.0. The summed E-state index contributed by atoms with van der Waals surface area (Å²) in [5.41, 5.74) is -0.195. The van der Waals surface area contributed by atoms with Gasteiger partial charge in [-0.25, -0.2) is 0 Å². The number of hydrogen-bond acceptors (Lipinski definition) is 7. The van der Waals surface area contributed by atoms with Crippen LogP contribution in [-0.4, -0.2) is 53.7 Å². The van der Waals surface area contributed by atoms with E-state index in [0.29, 0.717) is 12.4 Å². The van der Waals surface area contributed by atoms with Gasteiger partial charge in [-0.1, -0.05) is 0 Å². The van der Waals surface area contributed by atoms with E-state index in [9.17, 15) is 10.1 Å². The van der Waals surface area contributed by atoms with Crippen molar-refractivity contribution in [2.45, 2.75) is 38.6 Å². The van der Waals surface area contributed by atoms with Crippen molar-refractivity contribution in [2.75, 3.05) is 33.4 Å². The second-order valence-corrected chi connectivity index (χ2v) is 8.22. The summed E-state index contributed by atoms with van der Waals surface area (Å²) in [6.45, 7) is 7.48. The highest BCUT2D eigenvalue weighted by molar-refractivity contribution is 7.98. The zero-order chi connectivity index (χ0) is 19.0. The first-order valence-electron chi connectivity index (χ1n) is 8.22. The van der Waals surface area contributed by atoms with Crippen molar-refractivity contribution >= 4 is 11.8 Å². The lowest BCUT2D eigenvalue weighted by atomic mass is 10.1. The Morgan fingerprint density at radius 2 is 1.96 bits per heavy atom. The lowest BCUT2D eigenvalue weighted by Gasteiger charge is -2.34. The van der Waals surface area contributed by atoms with E-state index in [4.69, 9.17) is 4.42 Å². The zero-order valence-corrected chi connectivity index (χ0v) is 16.9. The highest BCUT2D eigenvalue weighted by Crippen LogP contribution is 2.17. The molecule has 0 spiro atoms. The molecule has 0 radical (unpaired) electrons. The molecule has 0 aliphatic carbocycles. The van der Waals surface area contributed by atoms with E-state index in [0.717, 1.165) is 35.8 Å². The van der Waals surface area contributed by atoms with Crippen LogP contribution >= 0.6 is 11.8 Å². The Bertz CT molecular complexity index is 579. The monoisotopic (exact) mass is 370 g/mol. The molecule has 0 bridgehead atoms. The first-order valence-corrected chi connectivity index (χ1v) is 9.38. The molecular formula is C17H30N4O3S. The van der Waals surface area contributed by atoms with Crippen LogP contribution in [0.15, 0.2) is 28.6 Å². The summed E-state index contributed by atoms with van der Waals surface area (Å²) in [4.78, 5) is 14.4. The Balaban J connectivity index is 2.41. The molecule has 1 aromatic rings. The largest absolute Gasteiger partial charge is 0.464 e. The first kappa shape index (κ1) is 21.4. The number of thioether (sulfide) groups is 1. The summed E-state index contributed by atoms with van der Waals surface area (Å²) in [5, 5.41) is 14.0. The molecule has 0 amide bonds. The number of hydrogen-bond donors (Lipinski definition) is 1. The molecule has 1 rings (SSSR count). The van der Waals surface area contributed by atoms with Crippen molar-refractivity contribution in [3.8, 4) is 0 Å². The summed E-state index contributed by atoms with van der Waals surface area (Å²) < 4.78 is 5.77. The van der Waals surface area contributed by atoms with Crippen LogP contribution in [0.4, 0.5) is 0 Å². The van der Waals surface area contributed by atoms with Gasteiger partial charge in [0.05, 0.1) is 17.2 Å². The van der Waals surface area contributed by atoms with Gasteiger partial charge in [0.15, 0.2) is 5.82 Å². The van der Waals surface area contributed by atoms with Crippen LogP contribution in [-0.2, 0) is 12.3 Å². The van der Waals surface area contributed by atoms with Crippen LogP contribution in [0.3, 0.4) is 0 Å². The van der Waals surface area contributed by atoms with Gasteiger partial charge in [-0.3, -0.25) is 10.1 Å². The summed E-state index contributed by atoms with van der Waals surface area (Å²) in [5.74, 6) is 4.05. The van der Waals surface area contributed by atoms with Gasteiger partial charge in [0.1, 0.15) is 11.5 Å². The normalized spacial score (nSPS) is 12.5. The van der Waals surface area contributed by atoms with Crippen molar-refractivity contribution in [1.29, 1.82) is 0 Å². The SMILES string of the molecule is CN(C)Cc1ccc(CSCCN/C(=C/[N+](=O)[O-])N(C)C(C)(C)C)o1. The van der Waals surface area contributed by atoms with Crippen molar-refractivity contribution in [3.63, 3.8) is 0 Å². The topological polar surface area (TPSA) is 74.8 Å². The van der Waals surface area contributed by atoms with Gasteiger partial charge in [-0.15, -0.1) is 0 Å². The van der Waals surface area contributed by atoms with E-state index in [1.807, 2.05) is 58.9 Å². The van der Waals surface area contributed by atoms with Crippen molar-refractivity contribution < 1.29 is 9.34 Å². The molecule has 1 N–H and O–H groups in total. The fourth-order valence-corrected chi connectivity index (χ4v) is 2.78. The van der Waals surface area contributed by atoms with Crippen LogP contribution in [0.25, 0.3) is 0 Å². The predicted molar refractivity (Wildman–Crippen MR) is 103 cm³/mol. The average molecular weight is 371 g/mol. The van der Waals surface area contributed by atoms with Crippen LogP contribution in [0.2, 0.25) is 0 Å². The van der Waals surface area contributed by atoms with Crippen LogP contribution < -0.4 is 5.32 Å². The van der Waals surface area contributed by atoms with Gasteiger partial charge < -0.3 is 19.5 Å². The Kier molecular flexibility index (Phi) is 8.31. The van der Waals surface area contributed by atoms with E-state index in [-0.39, 0.29) is 5.54 Å². The molecule has 0 aromatic carbocycles. The highest BCUT2D eigenvalue weighted by atomic mass is 32.2. The highest BCUT2D eigenvalue weighted by Gasteiger charge is 2.21. The van der Waals surface area contributed by atoms with Gasteiger partial charge in [-0.2, -0.15) is 11.8 Å². The molecule has 1 aromatic heterocycles. The van der Waals surface area contributed by atoms with E-state index in [1.54, 1.807) is 11.8 Å². The summed E-state index contributed by atoms with van der Waals surface area (Å²) in [6.07, 6.45) is 1.02. The number of furan rings is 1. The molecule has 8 heteroatoms. The molecule has 1 heterocycles. The van der Waals surface area contributed by atoms with Gasteiger partial charge in [0, 0.05) is 24.9 Å². The minimum absolute atomic E-state index is 0.195. The van der Waals surface area contributed by atoms with Crippen molar-refractivity contribution in [3.05, 3.63) is 45.8 Å². The predicted octanol–water partition coefficient (Wildman–Crippen LogP) is 2.97. The Morgan fingerprint density at radius 3 is 2.52 bits per heavy atom. The average Bonchev–Trinajstić information content (AvgIpc) is 2.90. The smallest absolute Gasteiger partial charge is 0.274 e. The Morgan fingerprint density at radius 1 is 1.32 bits per heavy atom. The van der Waals surface area contributed by atoms with Gasteiger partial charge in [0.2, 0.25) is 0 Å². The molecular weight excluding hydrogens is 340 g/mol. The summed E-state index contributed by atoms with van der Waals surface area (Å²) in [7, 11) is 5.87. The maximum absolute atomic E-state index is 10.8. The Hall–Kier alpha value is -1.67. The second kappa shape index (κ2) is 9.72. The third-order valence-corrected chi connectivity index (χ3v) is 4.56. The fourth-order valence-electron chi connectivity index (χ4n) is 2.03. The number of rotatable bonds is 10. The molecule has 0 saturated heterocycles. The third-order valence-electron chi connectivity index (χ3n) is 3.58. The second-order valence-electron chi connectivity index (χ2n) is 7.11. The van der Waals surface area contributed by atoms with Gasteiger partial charge in [0.25, 0.3) is 6.20 Å². The van der Waals surface area contributed by atoms with E-state index < -0.39 is 4.92 Å². The number of nitrogens with zero attached hydrogens (tertiary/aromatic N) is 3. The number of nitrogens with one attached hydrogen (secondary N) is 1. The van der Waals surface area contributed by atoms with E-state index in [2.05, 4.69) is 10.2 Å². The van der Waals surface area contributed by atoms with Gasteiger partial charge >= 0.3 is 0 Å². The van der Waals surface area contributed by atoms with Crippen LogP contribution in [0.5, 0.6) is 0 Å². The van der Waals surface area contributed by atoms with Crippen LogP contribution in [0.1, 0.15) is 32.3 Å². The molecule has 0 unspecified atom stereocenters. The summed E-state index contributed by atoms with van der Waals surface area (Å²) in [6, 6.07) is 4.01. The molecule has 0 aliphatic heterocycles. The van der Waals surface area contributed by atoms with E-state index >= 15 is 0 Å². The first-order chi connectivity index (χ1) is 11.6. The van der Waals surface area contributed by atoms with E-state index in [1.165, 1.54) is 0 Å². The molecule has 0 aliphatic rings.